The van der Waals surface area contributed by atoms with Gasteiger partial charge >= 0.3 is 0 Å². The van der Waals surface area contributed by atoms with Crippen molar-refractivity contribution < 1.29 is 4.39 Å². The van der Waals surface area contributed by atoms with Gasteiger partial charge in [-0.3, -0.25) is 0 Å². The van der Waals surface area contributed by atoms with E-state index in [0.717, 1.165) is 43.1 Å². The summed E-state index contributed by atoms with van der Waals surface area (Å²) in [7, 11) is 2.23. The number of halogens is 1. The lowest BCUT2D eigenvalue weighted by Crippen LogP contribution is -2.36. The maximum Gasteiger partial charge on any atom is 0.123 e. The molecule has 2 bridgehead atoms. The van der Waals surface area contributed by atoms with Crippen LogP contribution in [0.15, 0.2) is 36.4 Å². The van der Waals surface area contributed by atoms with Gasteiger partial charge in [0.15, 0.2) is 0 Å². The van der Waals surface area contributed by atoms with Crippen LogP contribution in [0.25, 0.3) is 0 Å². The molecule has 3 rings (SSSR count). The zero-order chi connectivity index (χ0) is 15.5. The lowest BCUT2D eigenvalue weighted by molar-refractivity contribution is 0.258. The zero-order valence-corrected chi connectivity index (χ0v) is 13.7. The van der Waals surface area contributed by atoms with Crippen LogP contribution in [0.5, 0.6) is 0 Å². The second-order valence-electron chi connectivity index (χ2n) is 6.86. The average molecular weight is 302 g/mol. The molecule has 1 aromatic rings. The third-order valence-electron chi connectivity index (χ3n) is 5.29. The van der Waals surface area contributed by atoms with Crippen LogP contribution >= 0.6 is 0 Å². The number of hydrogen-bond donors (Lipinski definition) is 0. The van der Waals surface area contributed by atoms with E-state index in [0.29, 0.717) is 0 Å². The van der Waals surface area contributed by atoms with Gasteiger partial charge in [-0.25, -0.2) is 4.39 Å². The molecule has 0 aromatic heterocycles. The molecule has 1 fully saturated rings. The Kier molecular flexibility index (Phi) is 4.82. The molecule has 1 aromatic carbocycles. The summed E-state index contributed by atoms with van der Waals surface area (Å²) in [6.45, 7) is 6.37. The van der Waals surface area contributed by atoms with E-state index in [1.807, 2.05) is 12.1 Å². The smallest absolute Gasteiger partial charge is 0.123 e. The van der Waals surface area contributed by atoms with E-state index < -0.39 is 0 Å². The van der Waals surface area contributed by atoms with Crippen molar-refractivity contribution >= 4 is 5.69 Å². The first kappa shape index (κ1) is 15.5. The number of benzene rings is 1. The Balaban J connectivity index is 1.48. The van der Waals surface area contributed by atoms with Gasteiger partial charge in [0, 0.05) is 31.9 Å². The van der Waals surface area contributed by atoms with Crippen LogP contribution in [0.3, 0.4) is 0 Å². The number of hydrogen-bond acceptors (Lipinski definition) is 2. The fourth-order valence-corrected chi connectivity index (χ4v) is 4.01. The number of rotatable bonds is 7. The van der Waals surface area contributed by atoms with Crippen LogP contribution in [0.2, 0.25) is 0 Å². The maximum atomic E-state index is 13.0. The lowest BCUT2D eigenvalue weighted by Gasteiger charge is -2.29. The van der Waals surface area contributed by atoms with E-state index in [-0.39, 0.29) is 5.82 Å². The van der Waals surface area contributed by atoms with Gasteiger partial charge in [0.05, 0.1) is 0 Å². The first-order chi connectivity index (χ1) is 10.7. The van der Waals surface area contributed by atoms with Crippen molar-refractivity contribution in [2.75, 3.05) is 38.1 Å². The van der Waals surface area contributed by atoms with Gasteiger partial charge < -0.3 is 9.80 Å². The predicted molar refractivity (Wildman–Crippen MR) is 90.6 cm³/mol. The summed E-state index contributed by atoms with van der Waals surface area (Å²) in [4.78, 5) is 4.78. The SMILES string of the molecule is CCN(CCN(C)CC1CC2C=CC1C2)c1ccc(F)cc1. The van der Waals surface area contributed by atoms with Crippen LogP contribution in [0, 0.1) is 23.6 Å². The van der Waals surface area contributed by atoms with E-state index in [2.05, 4.69) is 35.9 Å². The van der Waals surface area contributed by atoms with Crippen molar-refractivity contribution in [3.05, 3.63) is 42.2 Å². The Bertz CT molecular complexity index is 511. The molecular formula is C19H27FN2. The number of likely N-dealkylation sites (N-methyl/N-ethyl adjacent to an activating group) is 2. The molecule has 0 spiro atoms. The molecule has 120 valence electrons. The molecule has 2 aliphatic rings. The normalized spacial score (nSPS) is 26.1. The third kappa shape index (κ3) is 3.52. The first-order valence-electron chi connectivity index (χ1n) is 8.53. The molecule has 3 atom stereocenters. The lowest BCUT2D eigenvalue weighted by atomic mass is 9.93. The summed E-state index contributed by atoms with van der Waals surface area (Å²) in [5, 5.41) is 0. The Morgan fingerprint density at radius 2 is 1.86 bits per heavy atom. The molecule has 1 saturated carbocycles. The number of allylic oxidation sites excluding steroid dienone is 2. The predicted octanol–water partition coefficient (Wildman–Crippen LogP) is 3.80. The average Bonchev–Trinajstić information content (AvgIpc) is 3.12. The van der Waals surface area contributed by atoms with Gasteiger partial charge in [-0.1, -0.05) is 12.2 Å². The van der Waals surface area contributed by atoms with Crippen molar-refractivity contribution in [3.8, 4) is 0 Å². The Hall–Kier alpha value is -1.35. The monoisotopic (exact) mass is 302 g/mol. The molecule has 0 amide bonds. The van der Waals surface area contributed by atoms with Crippen LogP contribution < -0.4 is 4.90 Å². The Morgan fingerprint density at radius 1 is 1.09 bits per heavy atom. The first-order valence-corrected chi connectivity index (χ1v) is 8.53. The fourth-order valence-electron chi connectivity index (χ4n) is 4.01. The van der Waals surface area contributed by atoms with Crippen LogP contribution in [-0.2, 0) is 0 Å². The van der Waals surface area contributed by atoms with Gasteiger partial charge in [0.2, 0.25) is 0 Å². The maximum absolute atomic E-state index is 13.0. The fraction of sp³-hybridized carbons (Fsp3) is 0.579. The summed E-state index contributed by atoms with van der Waals surface area (Å²) >= 11 is 0. The van der Waals surface area contributed by atoms with Gasteiger partial charge in [-0.05, 0) is 68.8 Å². The Labute approximate surface area is 133 Å². The van der Waals surface area contributed by atoms with Crippen molar-refractivity contribution in [2.45, 2.75) is 19.8 Å². The van der Waals surface area contributed by atoms with E-state index in [9.17, 15) is 4.39 Å². The van der Waals surface area contributed by atoms with Crippen LogP contribution in [0.4, 0.5) is 10.1 Å². The summed E-state index contributed by atoms with van der Waals surface area (Å²) in [6, 6.07) is 6.84. The summed E-state index contributed by atoms with van der Waals surface area (Å²) in [5.41, 5.74) is 1.11. The van der Waals surface area contributed by atoms with Crippen molar-refractivity contribution in [1.82, 2.24) is 4.90 Å². The molecule has 3 unspecified atom stereocenters. The van der Waals surface area contributed by atoms with E-state index >= 15 is 0 Å². The van der Waals surface area contributed by atoms with Crippen LogP contribution in [0.1, 0.15) is 19.8 Å². The highest BCUT2D eigenvalue weighted by Crippen LogP contribution is 2.43. The third-order valence-corrected chi connectivity index (χ3v) is 5.29. The van der Waals surface area contributed by atoms with E-state index in [1.54, 1.807) is 12.1 Å². The van der Waals surface area contributed by atoms with Crippen LogP contribution in [-0.4, -0.2) is 38.1 Å². The molecule has 0 radical (unpaired) electrons. The van der Waals surface area contributed by atoms with Gasteiger partial charge in [0.1, 0.15) is 5.82 Å². The minimum atomic E-state index is -0.165. The van der Waals surface area contributed by atoms with Crippen molar-refractivity contribution in [3.63, 3.8) is 0 Å². The highest BCUT2D eigenvalue weighted by molar-refractivity contribution is 5.46. The number of anilines is 1. The van der Waals surface area contributed by atoms with Gasteiger partial charge in [-0.2, -0.15) is 0 Å². The highest BCUT2D eigenvalue weighted by Gasteiger charge is 2.35. The molecule has 2 nitrogen and oxygen atoms in total. The molecule has 2 aliphatic carbocycles. The van der Waals surface area contributed by atoms with E-state index in [1.165, 1.54) is 19.4 Å². The highest BCUT2D eigenvalue weighted by atomic mass is 19.1. The quantitative estimate of drug-likeness (QED) is 0.707. The topological polar surface area (TPSA) is 6.48 Å². The molecule has 0 saturated heterocycles. The molecule has 0 heterocycles. The molecule has 3 heteroatoms. The number of fused-ring (bicyclic) bond motifs is 2. The minimum Gasteiger partial charge on any atom is -0.371 e. The minimum absolute atomic E-state index is 0.165. The van der Waals surface area contributed by atoms with Crippen molar-refractivity contribution in [2.24, 2.45) is 17.8 Å². The van der Waals surface area contributed by atoms with E-state index in [4.69, 9.17) is 0 Å². The largest absolute Gasteiger partial charge is 0.371 e. The zero-order valence-electron chi connectivity index (χ0n) is 13.7. The van der Waals surface area contributed by atoms with Gasteiger partial charge in [-0.15, -0.1) is 0 Å². The number of nitrogens with zero attached hydrogens (tertiary/aromatic N) is 2. The summed E-state index contributed by atoms with van der Waals surface area (Å²) < 4.78 is 13.0. The second-order valence-corrected chi connectivity index (χ2v) is 6.86. The van der Waals surface area contributed by atoms with Crippen molar-refractivity contribution in [1.29, 1.82) is 0 Å². The summed E-state index contributed by atoms with van der Waals surface area (Å²) in [5.74, 6) is 2.36. The molecule has 0 aliphatic heterocycles. The second kappa shape index (κ2) is 6.82. The Morgan fingerprint density at radius 3 is 2.45 bits per heavy atom. The standard InChI is InChI=1S/C19H27FN2/c1-3-22(19-8-6-18(20)7-9-19)11-10-21(2)14-17-13-15-4-5-16(17)12-15/h4-9,15-17H,3,10-14H2,1-2H3. The molecular weight excluding hydrogens is 275 g/mol. The van der Waals surface area contributed by atoms with Gasteiger partial charge in [0.25, 0.3) is 0 Å². The molecule has 22 heavy (non-hydrogen) atoms. The summed E-state index contributed by atoms with van der Waals surface area (Å²) in [6.07, 6.45) is 7.61. The molecule has 0 N–H and O–H groups in total.